The lowest BCUT2D eigenvalue weighted by molar-refractivity contribution is -0.135. The number of anilines is 1. The van der Waals surface area contributed by atoms with Crippen LogP contribution in [-0.2, 0) is 9.53 Å². The zero-order valence-electron chi connectivity index (χ0n) is 13.5. The van der Waals surface area contributed by atoms with Crippen LogP contribution >= 0.6 is 0 Å². The molecule has 8 heteroatoms. The van der Waals surface area contributed by atoms with Crippen molar-refractivity contribution in [3.8, 4) is 0 Å². The number of hydrogen-bond acceptors (Lipinski definition) is 4. The van der Waals surface area contributed by atoms with Crippen molar-refractivity contribution in [1.29, 1.82) is 0 Å². The Morgan fingerprint density at radius 2 is 1.91 bits per heavy atom. The fourth-order valence-electron chi connectivity index (χ4n) is 1.59. The van der Waals surface area contributed by atoms with E-state index >= 15 is 0 Å². The summed E-state index contributed by atoms with van der Waals surface area (Å²) in [4.78, 5) is 33.8. The highest BCUT2D eigenvalue weighted by atomic mass is 28.3. The summed E-state index contributed by atoms with van der Waals surface area (Å²) in [6, 6.07) is 6.51. The second-order valence-electron chi connectivity index (χ2n) is 6.23. The lowest BCUT2D eigenvalue weighted by Crippen LogP contribution is -2.33. The van der Waals surface area contributed by atoms with Crippen molar-refractivity contribution in [1.82, 2.24) is 5.32 Å². The lowest BCUT2D eigenvalue weighted by atomic mass is 10.2. The van der Waals surface area contributed by atoms with E-state index in [9.17, 15) is 14.4 Å². The smallest absolute Gasteiger partial charge is 0.338 e. The van der Waals surface area contributed by atoms with Crippen LogP contribution in [0.4, 0.5) is 10.5 Å². The Morgan fingerprint density at radius 3 is 2.52 bits per heavy atom. The van der Waals surface area contributed by atoms with Gasteiger partial charge in [0.2, 0.25) is 0 Å². The standard InChI is InChI=1S/C15H22N2O5Si/c1-23(2,3)8-7-22-14(20)11-5-4-6-12(9-11)17-15(21)16-10-13(18)19/h4-6,9H,7-8,10H2,1-3H3,(H,18,19)(H2,16,17,21). The summed E-state index contributed by atoms with van der Waals surface area (Å²) in [5.41, 5.74) is 0.712. The van der Waals surface area contributed by atoms with E-state index in [1.165, 1.54) is 6.07 Å². The van der Waals surface area contributed by atoms with Crippen molar-refractivity contribution < 1.29 is 24.2 Å². The molecule has 23 heavy (non-hydrogen) atoms. The predicted molar refractivity (Wildman–Crippen MR) is 89.5 cm³/mol. The molecule has 1 rings (SSSR count). The van der Waals surface area contributed by atoms with Crippen LogP contribution in [-0.4, -0.2) is 44.3 Å². The fraction of sp³-hybridized carbons (Fsp3) is 0.400. The summed E-state index contributed by atoms with van der Waals surface area (Å²) >= 11 is 0. The van der Waals surface area contributed by atoms with Crippen molar-refractivity contribution in [3.05, 3.63) is 29.8 Å². The van der Waals surface area contributed by atoms with Crippen LogP contribution in [0.3, 0.4) is 0 Å². The highest BCUT2D eigenvalue weighted by Crippen LogP contribution is 2.13. The number of carboxylic acid groups (broad SMARTS) is 1. The molecule has 0 atom stereocenters. The SMILES string of the molecule is C[Si](C)(C)CCOC(=O)c1cccc(NC(=O)NCC(=O)O)c1. The molecule has 0 spiro atoms. The van der Waals surface area contributed by atoms with Gasteiger partial charge in [-0.3, -0.25) is 4.79 Å². The lowest BCUT2D eigenvalue weighted by Gasteiger charge is -2.15. The number of nitrogens with one attached hydrogen (secondary N) is 2. The van der Waals surface area contributed by atoms with Crippen LogP contribution in [0.5, 0.6) is 0 Å². The molecule has 0 unspecified atom stereocenters. The van der Waals surface area contributed by atoms with Gasteiger partial charge in [0, 0.05) is 13.8 Å². The first-order chi connectivity index (χ1) is 10.7. The number of benzene rings is 1. The van der Waals surface area contributed by atoms with E-state index in [1.807, 2.05) is 0 Å². The summed E-state index contributed by atoms with van der Waals surface area (Å²) in [7, 11) is -1.27. The zero-order valence-corrected chi connectivity index (χ0v) is 14.5. The Hall–Kier alpha value is -2.35. The highest BCUT2D eigenvalue weighted by molar-refractivity contribution is 6.76. The molecule has 0 bridgehead atoms. The molecule has 2 amide bonds. The Labute approximate surface area is 136 Å². The molecule has 7 nitrogen and oxygen atoms in total. The Bertz CT molecular complexity index is 583. The Morgan fingerprint density at radius 1 is 1.22 bits per heavy atom. The topological polar surface area (TPSA) is 105 Å². The fourth-order valence-corrected chi connectivity index (χ4v) is 2.30. The third kappa shape index (κ3) is 8.00. The van der Waals surface area contributed by atoms with Gasteiger partial charge >= 0.3 is 18.0 Å². The number of carbonyl (C=O) groups excluding carboxylic acids is 2. The summed E-state index contributed by atoms with van der Waals surface area (Å²) in [6.45, 7) is 6.49. The van der Waals surface area contributed by atoms with E-state index in [2.05, 4.69) is 30.3 Å². The first-order valence-electron chi connectivity index (χ1n) is 7.21. The minimum Gasteiger partial charge on any atom is -0.480 e. The average Bonchev–Trinajstić information content (AvgIpc) is 2.44. The predicted octanol–water partition coefficient (Wildman–Crippen LogP) is 2.39. The molecular weight excluding hydrogens is 316 g/mol. The van der Waals surface area contributed by atoms with Crippen LogP contribution in [0.25, 0.3) is 0 Å². The van der Waals surface area contributed by atoms with Gasteiger partial charge in [-0.05, 0) is 24.2 Å². The first kappa shape index (κ1) is 18.7. The van der Waals surface area contributed by atoms with Gasteiger partial charge < -0.3 is 20.5 Å². The molecule has 1 aromatic rings. The van der Waals surface area contributed by atoms with Crippen LogP contribution in [0.1, 0.15) is 10.4 Å². The number of esters is 1. The monoisotopic (exact) mass is 338 g/mol. The van der Waals surface area contributed by atoms with E-state index in [-0.39, 0.29) is 0 Å². The van der Waals surface area contributed by atoms with Gasteiger partial charge in [-0.25, -0.2) is 9.59 Å². The molecule has 0 aliphatic carbocycles. The summed E-state index contributed by atoms with van der Waals surface area (Å²) in [5, 5.41) is 13.1. The summed E-state index contributed by atoms with van der Waals surface area (Å²) < 4.78 is 5.23. The molecule has 0 fully saturated rings. The van der Waals surface area contributed by atoms with Gasteiger partial charge in [0.1, 0.15) is 6.54 Å². The molecule has 0 saturated heterocycles. The number of amides is 2. The minimum atomic E-state index is -1.27. The van der Waals surface area contributed by atoms with Crippen molar-refractivity contribution in [2.45, 2.75) is 25.7 Å². The molecule has 0 saturated carbocycles. The summed E-state index contributed by atoms with van der Waals surface area (Å²) in [5.74, 6) is -1.59. The Balaban J connectivity index is 2.57. The Kier molecular flexibility index (Phi) is 6.77. The molecule has 0 radical (unpaired) electrons. The highest BCUT2D eigenvalue weighted by Gasteiger charge is 2.15. The first-order valence-corrected chi connectivity index (χ1v) is 10.9. The van der Waals surface area contributed by atoms with Crippen molar-refractivity contribution in [2.75, 3.05) is 18.5 Å². The molecule has 3 N–H and O–H groups in total. The van der Waals surface area contributed by atoms with Crippen LogP contribution in [0.15, 0.2) is 24.3 Å². The van der Waals surface area contributed by atoms with Gasteiger partial charge in [0.15, 0.2) is 0 Å². The molecule has 0 heterocycles. The number of ether oxygens (including phenoxy) is 1. The van der Waals surface area contributed by atoms with E-state index in [0.29, 0.717) is 17.9 Å². The van der Waals surface area contributed by atoms with Crippen molar-refractivity contribution in [2.24, 2.45) is 0 Å². The van der Waals surface area contributed by atoms with Gasteiger partial charge in [0.25, 0.3) is 0 Å². The normalized spacial score (nSPS) is 10.7. The molecule has 0 aliphatic rings. The number of rotatable bonds is 7. The van der Waals surface area contributed by atoms with Crippen LogP contribution in [0.2, 0.25) is 25.7 Å². The van der Waals surface area contributed by atoms with Crippen molar-refractivity contribution in [3.63, 3.8) is 0 Å². The second-order valence-corrected chi connectivity index (χ2v) is 11.9. The third-order valence-electron chi connectivity index (χ3n) is 2.84. The van der Waals surface area contributed by atoms with E-state index in [4.69, 9.17) is 9.84 Å². The maximum atomic E-state index is 12.0. The number of carboxylic acids is 1. The number of aliphatic carboxylic acids is 1. The zero-order chi connectivity index (χ0) is 17.5. The number of carbonyl (C=O) groups is 3. The molecule has 1 aromatic carbocycles. The number of urea groups is 1. The van der Waals surface area contributed by atoms with E-state index < -0.39 is 32.6 Å². The molecule has 0 aliphatic heterocycles. The maximum Gasteiger partial charge on any atom is 0.338 e. The molecule has 126 valence electrons. The van der Waals surface area contributed by atoms with Gasteiger partial charge in [-0.2, -0.15) is 0 Å². The maximum absolute atomic E-state index is 12.0. The van der Waals surface area contributed by atoms with Crippen LogP contribution < -0.4 is 10.6 Å². The average molecular weight is 338 g/mol. The van der Waals surface area contributed by atoms with Gasteiger partial charge in [0.05, 0.1) is 12.2 Å². The quantitative estimate of drug-likeness (QED) is 0.523. The van der Waals surface area contributed by atoms with Gasteiger partial charge in [-0.1, -0.05) is 25.7 Å². The molecule has 0 aromatic heterocycles. The third-order valence-corrected chi connectivity index (χ3v) is 4.55. The largest absolute Gasteiger partial charge is 0.480 e. The van der Waals surface area contributed by atoms with E-state index in [1.54, 1.807) is 18.2 Å². The number of hydrogen-bond donors (Lipinski definition) is 3. The van der Waals surface area contributed by atoms with Crippen LogP contribution in [0, 0.1) is 0 Å². The van der Waals surface area contributed by atoms with Crippen molar-refractivity contribution >= 4 is 31.7 Å². The summed E-state index contributed by atoms with van der Waals surface area (Å²) in [6.07, 6.45) is 0. The second kappa shape index (κ2) is 8.32. The molecular formula is C15H22N2O5Si. The van der Waals surface area contributed by atoms with E-state index in [0.717, 1.165) is 6.04 Å². The van der Waals surface area contributed by atoms with Gasteiger partial charge in [-0.15, -0.1) is 0 Å². The minimum absolute atomic E-state index is 0.330.